The number of nitrogens with one attached hydrogen (secondary N) is 1. The molecule has 0 aromatic heterocycles. The summed E-state index contributed by atoms with van der Waals surface area (Å²) in [6.07, 6.45) is -2.40. The average molecular weight is 215 g/mol. The van der Waals surface area contributed by atoms with Crippen LogP contribution < -0.4 is 5.32 Å². The molecular weight excluding hydrogens is 200 g/mol. The van der Waals surface area contributed by atoms with Crippen LogP contribution in [0.5, 0.6) is 0 Å². The summed E-state index contributed by atoms with van der Waals surface area (Å²) >= 11 is 0. The first kappa shape index (κ1) is 12.1. The van der Waals surface area contributed by atoms with Crippen LogP contribution in [0.1, 0.15) is 17.6 Å². The van der Waals surface area contributed by atoms with Crippen LogP contribution in [0.25, 0.3) is 0 Å². The molecule has 2 nitrogen and oxygen atoms in total. The van der Waals surface area contributed by atoms with Gasteiger partial charge in [-0.3, -0.25) is 0 Å². The zero-order valence-electron chi connectivity index (χ0n) is 8.67. The predicted octanol–water partition coefficient (Wildman–Crippen LogP) is 2.36. The number of benzene rings is 1. The molecule has 0 saturated heterocycles. The van der Waals surface area contributed by atoms with Gasteiger partial charge >= 0.3 is 0 Å². The quantitative estimate of drug-likeness (QED) is 0.735. The van der Waals surface area contributed by atoms with Crippen LogP contribution in [0.4, 0.5) is 8.78 Å². The van der Waals surface area contributed by atoms with Crippen LogP contribution in [0.2, 0.25) is 0 Å². The van der Waals surface area contributed by atoms with Crippen molar-refractivity contribution in [2.24, 2.45) is 0 Å². The maximum absolute atomic E-state index is 12.3. The minimum absolute atomic E-state index is 0.0704. The summed E-state index contributed by atoms with van der Waals surface area (Å²) < 4.78 is 29.6. The zero-order chi connectivity index (χ0) is 11.1. The number of rotatable bonds is 6. The second-order valence-corrected chi connectivity index (χ2v) is 3.22. The minimum Gasteiger partial charge on any atom is -0.383 e. The summed E-state index contributed by atoms with van der Waals surface area (Å²) in [5, 5.41) is 3.10. The normalized spacial score (nSPS) is 10.9. The minimum atomic E-state index is -2.40. The molecule has 0 heterocycles. The van der Waals surface area contributed by atoms with Crippen molar-refractivity contribution in [3.8, 4) is 0 Å². The van der Waals surface area contributed by atoms with Crippen molar-refractivity contribution in [2.45, 2.75) is 13.0 Å². The summed E-state index contributed by atoms with van der Waals surface area (Å²) in [4.78, 5) is 0. The third-order valence-electron chi connectivity index (χ3n) is 2.02. The molecule has 0 aliphatic carbocycles. The van der Waals surface area contributed by atoms with E-state index in [0.717, 1.165) is 12.1 Å². The van der Waals surface area contributed by atoms with E-state index in [1.807, 2.05) is 6.07 Å². The van der Waals surface area contributed by atoms with Gasteiger partial charge in [0.25, 0.3) is 6.43 Å². The maximum atomic E-state index is 12.3. The summed E-state index contributed by atoms with van der Waals surface area (Å²) in [5.41, 5.74) is 0.935. The highest BCUT2D eigenvalue weighted by Gasteiger charge is 2.06. The van der Waals surface area contributed by atoms with E-state index in [1.165, 1.54) is 12.1 Å². The van der Waals surface area contributed by atoms with Crippen LogP contribution in [0.15, 0.2) is 24.3 Å². The van der Waals surface area contributed by atoms with E-state index in [1.54, 1.807) is 13.2 Å². The Morgan fingerprint density at radius 2 is 2.20 bits per heavy atom. The number of hydrogen-bond donors (Lipinski definition) is 1. The van der Waals surface area contributed by atoms with E-state index in [2.05, 4.69) is 5.32 Å². The molecule has 1 aromatic rings. The van der Waals surface area contributed by atoms with Crippen molar-refractivity contribution in [3.63, 3.8) is 0 Å². The van der Waals surface area contributed by atoms with Gasteiger partial charge in [0.2, 0.25) is 0 Å². The Balaban J connectivity index is 2.43. The van der Waals surface area contributed by atoms with Crippen molar-refractivity contribution < 1.29 is 13.5 Å². The van der Waals surface area contributed by atoms with Crippen LogP contribution in [-0.4, -0.2) is 20.3 Å². The van der Waals surface area contributed by atoms with Crippen molar-refractivity contribution >= 4 is 0 Å². The molecule has 84 valence electrons. The molecule has 0 bridgehead atoms. The highest BCUT2D eigenvalue weighted by Crippen LogP contribution is 2.19. The van der Waals surface area contributed by atoms with E-state index in [-0.39, 0.29) is 5.56 Å². The zero-order valence-corrected chi connectivity index (χ0v) is 8.67. The summed E-state index contributed by atoms with van der Waals surface area (Å²) in [5.74, 6) is 0. The molecule has 0 unspecified atom stereocenters. The standard InChI is InChI=1S/C11H15F2NO/c1-15-6-5-14-8-9-3-2-4-10(7-9)11(12)13/h2-4,7,11,14H,5-6,8H2,1H3. The molecular formula is C11H15F2NO. The largest absolute Gasteiger partial charge is 0.383 e. The summed E-state index contributed by atoms with van der Waals surface area (Å²) in [6.45, 7) is 1.92. The number of methoxy groups -OCH3 is 1. The van der Waals surface area contributed by atoms with Gasteiger partial charge in [-0.2, -0.15) is 0 Å². The van der Waals surface area contributed by atoms with Gasteiger partial charge in [0.05, 0.1) is 6.61 Å². The lowest BCUT2D eigenvalue weighted by Crippen LogP contribution is -2.18. The van der Waals surface area contributed by atoms with Crippen LogP contribution >= 0.6 is 0 Å². The van der Waals surface area contributed by atoms with Gasteiger partial charge in [-0.15, -0.1) is 0 Å². The molecule has 1 N–H and O–H groups in total. The fraction of sp³-hybridized carbons (Fsp3) is 0.455. The fourth-order valence-electron chi connectivity index (χ4n) is 1.25. The SMILES string of the molecule is COCCNCc1cccc(C(F)F)c1. The molecule has 0 fully saturated rings. The van der Waals surface area contributed by atoms with E-state index in [4.69, 9.17) is 4.74 Å². The first-order chi connectivity index (χ1) is 7.24. The fourth-order valence-corrected chi connectivity index (χ4v) is 1.25. The highest BCUT2D eigenvalue weighted by molar-refractivity contribution is 5.24. The first-order valence-electron chi connectivity index (χ1n) is 4.80. The van der Waals surface area contributed by atoms with E-state index in [0.29, 0.717) is 13.2 Å². The second-order valence-electron chi connectivity index (χ2n) is 3.22. The molecule has 1 aromatic carbocycles. The van der Waals surface area contributed by atoms with E-state index in [9.17, 15) is 8.78 Å². The van der Waals surface area contributed by atoms with Crippen LogP contribution in [0, 0.1) is 0 Å². The molecule has 4 heteroatoms. The second kappa shape index (κ2) is 6.48. The Morgan fingerprint density at radius 1 is 1.40 bits per heavy atom. The van der Waals surface area contributed by atoms with Gasteiger partial charge in [0.1, 0.15) is 0 Å². The molecule has 15 heavy (non-hydrogen) atoms. The average Bonchev–Trinajstić information content (AvgIpc) is 2.25. The van der Waals surface area contributed by atoms with Gasteiger partial charge < -0.3 is 10.1 Å². The first-order valence-corrected chi connectivity index (χ1v) is 4.80. The van der Waals surface area contributed by atoms with Crippen molar-refractivity contribution in [1.82, 2.24) is 5.32 Å². The van der Waals surface area contributed by atoms with Crippen LogP contribution in [0.3, 0.4) is 0 Å². The third kappa shape index (κ3) is 4.36. The molecule has 0 radical (unpaired) electrons. The summed E-state index contributed by atoms with van der Waals surface area (Å²) in [6, 6.07) is 6.42. The Kier molecular flexibility index (Phi) is 5.21. The molecule has 0 amide bonds. The lowest BCUT2D eigenvalue weighted by Gasteiger charge is -2.06. The molecule has 0 saturated carbocycles. The molecule has 1 rings (SSSR count). The lowest BCUT2D eigenvalue weighted by atomic mass is 10.1. The van der Waals surface area contributed by atoms with Crippen LogP contribution in [-0.2, 0) is 11.3 Å². The molecule has 0 aliphatic heterocycles. The van der Waals surface area contributed by atoms with Gasteiger partial charge in [-0.25, -0.2) is 8.78 Å². The van der Waals surface area contributed by atoms with Crippen molar-refractivity contribution in [1.29, 1.82) is 0 Å². The molecule has 0 aliphatic rings. The highest BCUT2D eigenvalue weighted by atomic mass is 19.3. The number of halogens is 2. The molecule has 0 atom stereocenters. The smallest absolute Gasteiger partial charge is 0.263 e. The third-order valence-corrected chi connectivity index (χ3v) is 2.02. The van der Waals surface area contributed by atoms with Crippen molar-refractivity contribution in [3.05, 3.63) is 35.4 Å². The Bertz CT molecular complexity index is 292. The number of ether oxygens (including phenoxy) is 1. The monoisotopic (exact) mass is 215 g/mol. The topological polar surface area (TPSA) is 21.3 Å². The Labute approximate surface area is 88.3 Å². The van der Waals surface area contributed by atoms with E-state index >= 15 is 0 Å². The maximum Gasteiger partial charge on any atom is 0.263 e. The van der Waals surface area contributed by atoms with Crippen molar-refractivity contribution in [2.75, 3.05) is 20.3 Å². The molecule has 0 spiro atoms. The number of alkyl halides is 2. The Hall–Kier alpha value is -1.00. The van der Waals surface area contributed by atoms with Gasteiger partial charge in [-0.05, 0) is 11.6 Å². The van der Waals surface area contributed by atoms with Gasteiger partial charge in [0, 0.05) is 25.8 Å². The Morgan fingerprint density at radius 3 is 2.87 bits per heavy atom. The number of hydrogen-bond acceptors (Lipinski definition) is 2. The van der Waals surface area contributed by atoms with E-state index < -0.39 is 6.43 Å². The summed E-state index contributed by atoms with van der Waals surface area (Å²) in [7, 11) is 1.62. The predicted molar refractivity (Wildman–Crippen MR) is 55.0 cm³/mol. The van der Waals surface area contributed by atoms with Gasteiger partial charge in [0.15, 0.2) is 0 Å². The van der Waals surface area contributed by atoms with Gasteiger partial charge in [-0.1, -0.05) is 18.2 Å². The lowest BCUT2D eigenvalue weighted by molar-refractivity contribution is 0.151.